The smallest absolute Gasteiger partial charge is 0.274 e. The molecule has 0 aliphatic carbocycles. The lowest BCUT2D eigenvalue weighted by Crippen LogP contribution is -2.31. The van der Waals surface area contributed by atoms with Crippen molar-refractivity contribution in [2.45, 2.75) is 25.5 Å². The van der Waals surface area contributed by atoms with Gasteiger partial charge in [0, 0.05) is 32.6 Å². The largest absolute Gasteiger partial charge is 0.380 e. The summed E-state index contributed by atoms with van der Waals surface area (Å²) in [6.07, 6.45) is 4.49. The Labute approximate surface area is 161 Å². The topological polar surface area (TPSA) is 80.2 Å². The zero-order valence-corrected chi connectivity index (χ0v) is 16.1. The number of fused-ring (bicyclic) bond motifs is 1. The Morgan fingerprint density at radius 3 is 3.04 bits per heavy atom. The number of anilines is 1. The van der Waals surface area contributed by atoms with Gasteiger partial charge in [-0.3, -0.25) is 9.78 Å². The Morgan fingerprint density at radius 1 is 1.41 bits per heavy atom. The molecule has 4 heterocycles. The normalized spacial score (nSPS) is 18.0. The maximum Gasteiger partial charge on any atom is 0.274 e. The van der Waals surface area contributed by atoms with Crippen LogP contribution in [0.1, 0.15) is 35.4 Å². The van der Waals surface area contributed by atoms with Gasteiger partial charge in [0.15, 0.2) is 5.69 Å². The second-order valence-corrected chi connectivity index (χ2v) is 7.50. The first-order valence-corrected chi connectivity index (χ1v) is 9.77. The molecule has 140 valence electrons. The minimum atomic E-state index is -0.0681. The van der Waals surface area contributed by atoms with E-state index in [-0.39, 0.29) is 18.1 Å². The number of amides is 1. The number of nitrogens with one attached hydrogen (secondary N) is 1. The first kappa shape index (κ1) is 17.8. The molecule has 1 fully saturated rings. The van der Waals surface area contributed by atoms with E-state index in [0.29, 0.717) is 24.7 Å². The van der Waals surface area contributed by atoms with Crippen LogP contribution >= 0.6 is 11.3 Å². The van der Waals surface area contributed by atoms with Gasteiger partial charge in [0.25, 0.3) is 5.91 Å². The van der Waals surface area contributed by atoms with Gasteiger partial charge in [-0.15, -0.1) is 11.3 Å². The van der Waals surface area contributed by atoms with Crippen molar-refractivity contribution in [3.63, 3.8) is 0 Å². The summed E-state index contributed by atoms with van der Waals surface area (Å²) >= 11 is 1.49. The van der Waals surface area contributed by atoms with Crippen LogP contribution in [0.5, 0.6) is 0 Å². The van der Waals surface area contributed by atoms with Crippen molar-refractivity contribution in [2.24, 2.45) is 0 Å². The van der Waals surface area contributed by atoms with Crippen LogP contribution in [0.25, 0.3) is 10.2 Å². The number of pyridine rings is 1. The van der Waals surface area contributed by atoms with Crippen LogP contribution in [0.4, 0.5) is 5.95 Å². The van der Waals surface area contributed by atoms with Crippen molar-refractivity contribution in [2.75, 3.05) is 25.5 Å². The molecule has 1 N–H and O–H groups in total. The van der Waals surface area contributed by atoms with Gasteiger partial charge in [-0.1, -0.05) is 6.07 Å². The number of likely N-dealkylation sites (tertiary alicyclic amines) is 1. The third-order valence-electron chi connectivity index (χ3n) is 4.80. The Kier molecular flexibility index (Phi) is 5.00. The summed E-state index contributed by atoms with van der Waals surface area (Å²) in [6.45, 7) is 3.30. The average Bonchev–Trinajstić information content (AvgIpc) is 3.36. The maximum absolute atomic E-state index is 13.1. The minimum absolute atomic E-state index is 0.0256. The Bertz CT molecular complexity index is 946. The predicted octanol–water partition coefficient (Wildman–Crippen LogP) is 3.12. The predicted molar refractivity (Wildman–Crippen MR) is 105 cm³/mol. The molecule has 0 saturated carbocycles. The fourth-order valence-corrected chi connectivity index (χ4v) is 4.05. The number of carbonyl (C=O) groups is 1. The van der Waals surface area contributed by atoms with E-state index < -0.39 is 0 Å². The van der Waals surface area contributed by atoms with Crippen molar-refractivity contribution in [1.82, 2.24) is 19.9 Å². The zero-order valence-electron chi connectivity index (χ0n) is 15.3. The van der Waals surface area contributed by atoms with E-state index in [2.05, 4.69) is 20.3 Å². The van der Waals surface area contributed by atoms with E-state index in [1.165, 1.54) is 11.3 Å². The van der Waals surface area contributed by atoms with E-state index >= 15 is 0 Å². The van der Waals surface area contributed by atoms with Crippen LogP contribution < -0.4 is 5.32 Å². The highest BCUT2D eigenvalue weighted by Gasteiger charge is 2.29. The highest BCUT2D eigenvalue weighted by molar-refractivity contribution is 7.17. The lowest BCUT2D eigenvalue weighted by atomic mass is 10.1. The van der Waals surface area contributed by atoms with Crippen molar-refractivity contribution < 1.29 is 9.53 Å². The summed E-state index contributed by atoms with van der Waals surface area (Å²) in [5.74, 6) is 0.379. The molecule has 1 aliphatic rings. The molecule has 0 bridgehead atoms. The summed E-state index contributed by atoms with van der Waals surface area (Å²) in [6, 6.07) is 5.78. The third kappa shape index (κ3) is 3.63. The van der Waals surface area contributed by atoms with Crippen LogP contribution in [0, 0.1) is 0 Å². The highest BCUT2D eigenvalue weighted by Crippen LogP contribution is 2.27. The molecule has 27 heavy (non-hydrogen) atoms. The van der Waals surface area contributed by atoms with E-state index in [0.717, 1.165) is 22.2 Å². The quantitative estimate of drug-likeness (QED) is 0.729. The molecule has 0 aromatic carbocycles. The van der Waals surface area contributed by atoms with Crippen molar-refractivity contribution in [3.8, 4) is 0 Å². The number of ether oxygens (including phenoxy) is 1. The molecule has 0 radical (unpaired) electrons. The van der Waals surface area contributed by atoms with Crippen molar-refractivity contribution in [1.29, 1.82) is 0 Å². The van der Waals surface area contributed by atoms with Gasteiger partial charge in [0.05, 0.1) is 22.4 Å². The standard InChI is InChI=1S/C19H21N5O2S/c1-12(13-4-3-7-20-10-13)21-19-22-15-6-9-27-17(15)16(23-19)18(25)24-8-5-14(11-24)26-2/h3-4,6-7,9-10,12,14H,5,8,11H2,1-2H3,(H,21,22,23)/t12?,14-/m1/s1. The number of methoxy groups -OCH3 is 1. The summed E-state index contributed by atoms with van der Waals surface area (Å²) in [5.41, 5.74) is 2.26. The molecular formula is C19H21N5O2S. The summed E-state index contributed by atoms with van der Waals surface area (Å²) in [7, 11) is 1.68. The lowest BCUT2D eigenvalue weighted by Gasteiger charge is -2.18. The SMILES string of the molecule is CO[C@@H]1CCN(C(=O)c2nc(NC(C)c3cccnc3)nc3ccsc23)C1. The second-order valence-electron chi connectivity index (χ2n) is 6.58. The Hall–Kier alpha value is -2.58. The second kappa shape index (κ2) is 7.58. The van der Waals surface area contributed by atoms with Crippen molar-refractivity contribution in [3.05, 3.63) is 47.2 Å². The fourth-order valence-electron chi connectivity index (χ4n) is 3.24. The van der Waals surface area contributed by atoms with Gasteiger partial charge in [-0.25, -0.2) is 9.97 Å². The number of nitrogens with zero attached hydrogens (tertiary/aromatic N) is 4. The van der Waals surface area contributed by atoms with Gasteiger partial charge < -0.3 is 15.0 Å². The summed E-state index contributed by atoms with van der Waals surface area (Å²) < 4.78 is 6.20. The number of hydrogen-bond donors (Lipinski definition) is 1. The maximum atomic E-state index is 13.1. The van der Waals surface area contributed by atoms with Crippen LogP contribution in [-0.2, 0) is 4.74 Å². The van der Waals surface area contributed by atoms with Gasteiger partial charge in [0.1, 0.15) is 0 Å². The molecule has 8 heteroatoms. The van der Waals surface area contributed by atoms with Gasteiger partial charge in [0.2, 0.25) is 5.95 Å². The van der Waals surface area contributed by atoms with Crippen LogP contribution in [-0.4, -0.2) is 52.1 Å². The minimum Gasteiger partial charge on any atom is -0.380 e. The first-order valence-electron chi connectivity index (χ1n) is 8.89. The summed E-state index contributed by atoms with van der Waals surface area (Å²) in [4.78, 5) is 28.2. The van der Waals surface area contributed by atoms with Crippen LogP contribution in [0.2, 0.25) is 0 Å². The molecule has 1 unspecified atom stereocenters. The van der Waals surface area contributed by atoms with E-state index in [9.17, 15) is 4.79 Å². The molecule has 4 rings (SSSR count). The van der Waals surface area contributed by atoms with Crippen LogP contribution in [0.15, 0.2) is 36.0 Å². The molecule has 2 atom stereocenters. The third-order valence-corrected chi connectivity index (χ3v) is 5.71. The molecule has 3 aromatic rings. The molecule has 3 aromatic heterocycles. The molecule has 1 saturated heterocycles. The van der Waals surface area contributed by atoms with Gasteiger partial charge in [-0.05, 0) is 36.4 Å². The fraction of sp³-hybridized carbons (Fsp3) is 0.368. The summed E-state index contributed by atoms with van der Waals surface area (Å²) in [5, 5.41) is 5.23. The molecular weight excluding hydrogens is 362 g/mol. The molecule has 0 spiro atoms. The number of rotatable bonds is 5. The lowest BCUT2D eigenvalue weighted by molar-refractivity contribution is 0.0721. The number of hydrogen-bond acceptors (Lipinski definition) is 7. The zero-order chi connectivity index (χ0) is 18.8. The Morgan fingerprint density at radius 2 is 2.30 bits per heavy atom. The van der Waals surface area contributed by atoms with Crippen molar-refractivity contribution >= 4 is 33.4 Å². The van der Waals surface area contributed by atoms with E-state index in [1.54, 1.807) is 13.3 Å². The number of carbonyl (C=O) groups excluding carboxylic acids is 1. The monoisotopic (exact) mass is 383 g/mol. The van der Waals surface area contributed by atoms with Gasteiger partial charge >= 0.3 is 0 Å². The highest BCUT2D eigenvalue weighted by atomic mass is 32.1. The average molecular weight is 383 g/mol. The number of thiophene rings is 1. The Balaban J connectivity index is 1.63. The molecule has 1 amide bonds. The first-order chi connectivity index (χ1) is 13.2. The van der Waals surface area contributed by atoms with E-state index in [4.69, 9.17) is 4.74 Å². The van der Waals surface area contributed by atoms with Gasteiger partial charge in [-0.2, -0.15) is 0 Å². The number of aromatic nitrogens is 3. The molecule has 1 aliphatic heterocycles. The van der Waals surface area contributed by atoms with Crippen LogP contribution in [0.3, 0.4) is 0 Å². The van der Waals surface area contributed by atoms with E-state index in [1.807, 2.05) is 41.6 Å². The molecule has 7 nitrogen and oxygen atoms in total.